The number of hydrogen-bond acceptors (Lipinski definition) is 2. The fourth-order valence-corrected chi connectivity index (χ4v) is 2.56. The average molecular weight is 296 g/mol. The van der Waals surface area contributed by atoms with Crippen molar-refractivity contribution in [2.45, 2.75) is 41.5 Å². The standard InChI is InChI=1S/C20H24O2/c1-19(2,3)16-11-14(13-7-9-15(21)10-8-13)12-17(18(16)22)20(4,5)6/h7-12H,1-6H3. The van der Waals surface area contributed by atoms with Gasteiger partial charge in [0.25, 0.3) is 0 Å². The van der Waals surface area contributed by atoms with Gasteiger partial charge in [-0.25, -0.2) is 0 Å². The number of ketones is 2. The number of carbonyl (C=O) groups excluding carboxylic acids is 2. The molecule has 2 nitrogen and oxygen atoms in total. The molecule has 2 rings (SSSR count). The number of carbonyl (C=O) groups is 2. The van der Waals surface area contributed by atoms with Crippen molar-refractivity contribution in [1.82, 2.24) is 0 Å². The smallest absolute Gasteiger partial charge is 0.186 e. The van der Waals surface area contributed by atoms with Crippen molar-refractivity contribution in [1.29, 1.82) is 0 Å². The van der Waals surface area contributed by atoms with Crippen LogP contribution in [0.2, 0.25) is 0 Å². The van der Waals surface area contributed by atoms with Crippen molar-refractivity contribution in [3.8, 4) is 0 Å². The molecule has 2 aliphatic rings. The molecule has 0 heterocycles. The maximum absolute atomic E-state index is 12.8. The molecular formula is C20H24O2. The van der Waals surface area contributed by atoms with Gasteiger partial charge in [-0.3, -0.25) is 9.59 Å². The Kier molecular flexibility index (Phi) is 3.99. The fourth-order valence-electron chi connectivity index (χ4n) is 2.56. The van der Waals surface area contributed by atoms with E-state index in [1.54, 1.807) is 12.2 Å². The summed E-state index contributed by atoms with van der Waals surface area (Å²) in [6, 6.07) is 0. The predicted octanol–water partition coefficient (Wildman–Crippen LogP) is 4.51. The Morgan fingerprint density at radius 2 is 1.05 bits per heavy atom. The predicted molar refractivity (Wildman–Crippen MR) is 90.4 cm³/mol. The van der Waals surface area contributed by atoms with Crippen LogP contribution >= 0.6 is 0 Å². The second-order valence-corrected chi connectivity index (χ2v) is 7.92. The van der Waals surface area contributed by atoms with Gasteiger partial charge in [0.1, 0.15) is 0 Å². The van der Waals surface area contributed by atoms with Crippen LogP contribution in [0, 0.1) is 10.8 Å². The minimum Gasteiger partial charge on any atom is -0.290 e. The molecule has 0 saturated carbocycles. The molecule has 0 N–H and O–H groups in total. The summed E-state index contributed by atoms with van der Waals surface area (Å²) < 4.78 is 0. The molecule has 0 aliphatic heterocycles. The van der Waals surface area contributed by atoms with E-state index in [9.17, 15) is 9.59 Å². The van der Waals surface area contributed by atoms with Gasteiger partial charge < -0.3 is 0 Å². The molecule has 116 valence electrons. The van der Waals surface area contributed by atoms with Gasteiger partial charge >= 0.3 is 0 Å². The summed E-state index contributed by atoms with van der Waals surface area (Å²) >= 11 is 0. The maximum Gasteiger partial charge on any atom is 0.186 e. The van der Waals surface area contributed by atoms with Crippen LogP contribution in [-0.4, -0.2) is 11.6 Å². The number of allylic oxidation sites excluding steroid dienone is 10. The molecule has 0 bridgehead atoms. The van der Waals surface area contributed by atoms with Crippen LogP contribution in [-0.2, 0) is 9.59 Å². The first kappa shape index (κ1) is 16.4. The zero-order valence-corrected chi connectivity index (χ0v) is 14.3. The van der Waals surface area contributed by atoms with Gasteiger partial charge in [-0.2, -0.15) is 0 Å². The van der Waals surface area contributed by atoms with Crippen molar-refractivity contribution in [2.75, 3.05) is 0 Å². The van der Waals surface area contributed by atoms with Crippen LogP contribution in [0.15, 0.2) is 58.7 Å². The molecule has 0 aromatic rings. The lowest BCUT2D eigenvalue weighted by atomic mass is 9.71. The van der Waals surface area contributed by atoms with Gasteiger partial charge in [-0.15, -0.1) is 0 Å². The third-order valence-corrected chi connectivity index (χ3v) is 3.89. The SMILES string of the molecule is CC(C)(C)C1=CC(=C2C=CC(=O)C=C2)C=C(C(C)(C)C)C1=O. The number of Topliss-reactive ketones (excluding diaryl/α,β-unsaturated/α-hetero) is 1. The molecule has 0 unspecified atom stereocenters. The quantitative estimate of drug-likeness (QED) is 0.659. The van der Waals surface area contributed by atoms with E-state index in [4.69, 9.17) is 0 Å². The summed E-state index contributed by atoms with van der Waals surface area (Å²) in [6.45, 7) is 12.3. The maximum atomic E-state index is 12.8. The van der Waals surface area contributed by atoms with E-state index in [0.717, 1.165) is 22.3 Å². The Morgan fingerprint density at radius 1 is 0.636 bits per heavy atom. The van der Waals surface area contributed by atoms with Crippen LogP contribution < -0.4 is 0 Å². The second kappa shape index (κ2) is 5.35. The van der Waals surface area contributed by atoms with E-state index in [2.05, 4.69) is 41.5 Å². The molecule has 22 heavy (non-hydrogen) atoms. The third kappa shape index (κ3) is 3.27. The van der Waals surface area contributed by atoms with Crippen molar-refractivity contribution in [3.05, 3.63) is 58.7 Å². The lowest BCUT2D eigenvalue weighted by Crippen LogP contribution is -2.28. The van der Waals surface area contributed by atoms with Crippen LogP contribution in [0.3, 0.4) is 0 Å². The van der Waals surface area contributed by atoms with Crippen molar-refractivity contribution in [3.63, 3.8) is 0 Å². The number of hydrogen-bond donors (Lipinski definition) is 0. The Morgan fingerprint density at radius 3 is 1.41 bits per heavy atom. The van der Waals surface area contributed by atoms with Crippen molar-refractivity contribution in [2.24, 2.45) is 10.8 Å². The van der Waals surface area contributed by atoms with E-state index in [1.807, 2.05) is 24.3 Å². The minimum atomic E-state index is -0.217. The third-order valence-electron chi connectivity index (χ3n) is 3.89. The zero-order valence-electron chi connectivity index (χ0n) is 14.3. The molecule has 0 saturated heterocycles. The molecule has 0 amide bonds. The first-order valence-electron chi connectivity index (χ1n) is 7.63. The molecule has 2 aliphatic carbocycles. The Labute approximate surface area is 133 Å². The van der Waals surface area contributed by atoms with Crippen LogP contribution in [0.1, 0.15) is 41.5 Å². The van der Waals surface area contributed by atoms with E-state index in [-0.39, 0.29) is 22.4 Å². The molecule has 0 aromatic carbocycles. The highest BCUT2D eigenvalue weighted by atomic mass is 16.1. The van der Waals surface area contributed by atoms with Crippen LogP contribution in [0.4, 0.5) is 0 Å². The van der Waals surface area contributed by atoms with E-state index in [1.165, 1.54) is 0 Å². The second-order valence-electron chi connectivity index (χ2n) is 7.92. The topological polar surface area (TPSA) is 34.1 Å². The molecule has 0 fully saturated rings. The summed E-state index contributed by atoms with van der Waals surface area (Å²) in [5.41, 5.74) is 3.17. The fraction of sp³-hybridized carbons (Fsp3) is 0.400. The molecular weight excluding hydrogens is 272 g/mol. The Balaban J connectivity index is 2.65. The van der Waals surface area contributed by atoms with Crippen molar-refractivity contribution >= 4 is 11.6 Å². The number of rotatable bonds is 0. The highest BCUT2D eigenvalue weighted by Crippen LogP contribution is 2.39. The summed E-state index contributed by atoms with van der Waals surface area (Å²) in [7, 11) is 0. The van der Waals surface area contributed by atoms with Crippen LogP contribution in [0.25, 0.3) is 0 Å². The van der Waals surface area contributed by atoms with Gasteiger partial charge in [0.15, 0.2) is 11.6 Å². The summed E-state index contributed by atoms with van der Waals surface area (Å²) in [4.78, 5) is 24.2. The highest BCUT2D eigenvalue weighted by Gasteiger charge is 2.34. The van der Waals surface area contributed by atoms with Gasteiger partial charge in [0.2, 0.25) is 0 Å². The summed E-state index contributed by atoms with van der Waals surface area (Å²) in [5.74, 6) is 0.125. The largest absolute Gasteiger partial charge is 0.290 e. The van der Waals surface area contributed by atoms with Crippen molar-refractivity contribution < 1.29 is 9.59 Å². The Hall–Kier alpha value is -1.96. The van der Waals surface area contributed by atoms with Gasteiger partial charge in [0, 0.05) is 11.1 Å². The van der Waals surface area contributed by atoms with Gasteiger partial charge in [-0.05, 0) is 46.3 Å². The summed E-state index contributed by atoms with van der Waals surface area (Å²) in [5, 5.41) is 0. The molecule has 0 atom stereocenters. The molecule has 0 radical (unpaired) electrons. The molecule has 0 spiro atoms. The summed E-state index contributed by atoms with van der Waals surface area (Å²) in [6.07, 6.45) is 10.7. The Bertz CT molecular complexity index is 624. The minimum absolute atomic E-state index is 0.00344. The first-order valence-corrected chi connectivity index (χ1v) is 7.63. The highest BCUT2D eigenvalue weighted by molar-refractivity contribution is 6.12. The van der Waals surface area contributed by atoms with Crippen LogP contribution in [0.5, 0.6) is 0 Å². The zero-order chi connectivity index (χ0) is 16.7. The van der Waals surface area contributed by atoms with Gasteiger partial charge in [0.05, 0.1) is 0 Å². The lowest BCUT2D eigenvalue weighted by Gasteiger charge is -2.31. The average Bonchev–Trinajstić information content (AvgIpc) is 2.37. The van der Waals surface area contributed by atoms with E-state index >= 15 is 0 Å². The van der Waals surface area contributed by atoms with Gasteiger partial charge in [-0.1, -0.05) is 53.7 Å². The first-order chi connectivity index (χ1) is 10.00. The van der Waals surface area contributed by atoms with E-state index < -0.39 is 0 Å². The molecule has 2 heteroatoms. The normalized spacial score (nSPS) is 19.5. The lowest BCUT2D eigenvalue weighted by molar-refractivity contribution is -0.114. The van der Waals surface area contributed by atoms with E-state index in [0.29, 0.717) is 0 Å². The monoisotopic (exact) mass is 296 g/mol. The molecule has 0 aromatic heterocycles.